The molecule has 4 nitrogen and oxygen atoms in total. The predicted molar refractivity (Wildman–Crippen MR) is 39.5 cm³/mol. The lowest BCUT2D eigenvalue weighted by molar-refractivity contribution is 0.247. The van der Waals surface area contributed by atoms with Crippen molar-refractivity contribution in [1.29, 1.82) is 5.26 Å². The van der Waals surface area contributed by atoms with Crippen molar-refractivity contribution in [3.63, 3.8) is 0 Å². The Labute approximate surface area is 65.2 Å². The Morgan fingerprint density at radius 2 is 2.36 bits per heavy atom. The summed E-state index contributed by atoms with van der Waals surface area (Å²) in [5.41, 5.74) is 4.65. The highest BCUT2D eigenvalue weighted by atomic mass is 16.5. The Kier molecular flexibility index (Phi) is 2.12. The van der Waals surface area contributed by atoms with Gasteiger partial charge >= 0.3 is 0 Å². The summed E-state index contributed by atoms with van der Waals surface area (Å²) in [5, 5.41) is 12.1. The standard InChI is InChI=1S/C7H8N3O/c1-3-11-7-5(2)9-10-6(7)4-8/h3H2,1-2H3. The molecule has 0 saturated heterocycles. The number of nitrogens with zero attached hydrogens (tertiary/aromatic N) is 3. The minimum Gasteiger partial charge on any atom is -0.489 e. The number of ether oxygens (including phenoxy) is 1. The molecule has 4 heteroatoms. The summed E-state index contributed by atoms with van der Waals surface area (Å²) >= 11 is 0. The first kappa shape index (κ1) is 7.61. The maximum Gasteiger partial charge on any atom is 0.206 e. The first-order valence-corrected chi connectivity index (χ1v) is 3.32. The van der Waals surface area contributed by atoms with Crippen molar-refractivity contribution in [1.82, 2.24) is 5.43 Å². The highest BCUT2D eigenvalue weighted by molar-refractivity contribution is 6.11. The van der Waals surface area contributed by atoms with Gasteiger partial charge in [0.15, 0.2) is 5.76 Å². The van der Waals surface area contributed by atoms with Crippen molar-refractivity contribution in [2.75, 3.05) is 6.61 Å². The van der Waals surface area contributed by atoms with E-state index in [-0.39, 0.29) is 5.71 Å². The highest BCUT2D eigenvalue weighted by Gasteiger charge is 2.18. The molecule has 0 atom stereocenters. The second kappa shape index (κ2) is 3.06. The van der Waals surface area contributed by atoms with Crippen LogP contribution in [0.25, 0.3) is 0 Å². The third-order valence-electron chi connectivity index (χ3n) is 1.24. The third kappa shape index (κ3) is 1.32. The van der Waals surface area contributed by atoms with Gasteiger partial charge in [0.1, 0.15) is 11.8 Å². The van der Waals surface area contributed by atoms with Crippen LogP contribution < -0.4 is 5.43 Å². The number of nitriles is 1. The minimum absolute atomic E-state index is 0.268. The van der Waals surface area contributed by atoms with E-state index in [0.717, 1.165) is 0 Å². The summed E-state index contributed by atoms with van der Waals surface area (Å²) in [6.07, 6.45) is 0. The van der Waals surface area contributed by atoms with Crippen LogP contribution >= 0.6 is 0 Å². The first-order chi connectivity index (χ1) is 5.29. The molecule has 0 aliphatic carbocycles. The van der Waals surface area contributed by atoms with Crippen molar-refractivity contribution in [3.05, 3.63) is 11.5 Å². The zero-order chi connectivity index (χ0) is 8.27. The fourth-order valence-electron chi connectivity index (χ4n) is 0.777. The monoisotopic (exact) mass is 150 g/mol. The molecule has 1 aliphatic rings. The molecule has 0 saturated carbocycles. The maximum atomic E-state index is 8.53. The van der Waals surface area contributed by atoms with Crippen LogP contribution in [0.4, 0.5) is 0 Å². The van der Waals surface area contributed by atoms with E-state index in [9.17, 15) is 0 Å². The number of hydrogen-bond acceptors (Lipinski definition) is 3. The second-order valence-corrected chi connectivity index (χ2v) is 2.01. The van der Waals surface area contributed by atoms with Gasteiger partial charge in [-0.1, -0.05) is 0 Å². The lowest BCUT2D eigenvalue weighted by atomic mass is 10.3. The van der Waals surface area contributed by atoms with E-state index in [1.54, 1.807) is 6.92 Å². The molecule has 11 heavy (non-hydrogen) atoms. The molecule has 0 N–H and O–H groups in total. The molecule has 57 valence electrons. The van der Waals surface area contributed by atoms with Gasteiger partial charge in [0.25, 0.3) is 0 Å². The van der Waals surface area contributed by atoms with Gasteiger partial charge in [0.2, 0.25) is 5.71 Å². The van der Waals surface area contributed by atoms with Crippen LogP contribution in [0.15, 0.2) is 16.6 Å². The number of rotatable bonds is 2. The highest BCUT2D eigenvalue weighted by Crippen LogP contribution is 2.12. The van der Waals surface area contributed by atoms with E-state index in [0.29, 0.717) is 18.1 Å². The Hall–Kier alpha value is -1.50. The zero-order valence-electron chi connectivity index (χ0n) is 6.46. The summed E-state index contributed by atoms with van der Waals surface area (Å²) < 4.78 is 5.15. The fraction of sp³-hybridized carbons (Fsp3) is 0.429. The average molecular weight is 150 g/mol. The first-order valence-electron chi connectivity index (χ1n) is 3.32. The number of hydrogen-bond donors (Lipinski definition) is 0. The van der Waals surface area contributed by atoms with Gasteiger partial charge in [0, 0.05) is 0 Å². The van der Waals surface area contributed by atoms with Crippen LogP contribution in [0.2, 0.25) is 0 Å². The lowest BCUT2D eigenvalue weighted by Gasteiger charge is -2.01. The van der Waals surface area contributed by atoms with E-state index in [1.807, 2.05) is 13.0 Å². The van der Waals surface area contributed by atoms with Crippen LogP contribution in [-0.4, -0.2) is 12.3 Å². The van der Waals surface area contributed by atoms with Crippen LogP contribution in [0.1, 0.15) is 13.8 Å². The summed E-state index contributed by atoms with van der Waals surface area (Å²) in [5.74, 6) is 0.509. The van der Waals surface area contributed by atoms with Gasteiger partial charge in [-0.25, -0.2) is 0 Å². The average Bonchev–Trinajstić information content (AvgIpc) is 2.34. The molecule has 0 aromatic heterocycles. The van der Waals surface area contributed by atoms with E-state index >= 15 is 0 Å². The van der Waals surface area contributed by atoms with E-state index < -0.39 is 0 Å². The lowest BCUT2D eigenvalue weighted by Crippen LogP contribution is -2.01. The van der Waals surface area contributed by atoms with E-state index in [4.69, 9.17) is 10.00 Å². The normalized spacial score (nSPS) is 15.5. The molecule has 0 amide bonds. The summed E-state index contributed by atoms with van der Waals surface area (Å²) in [4.78, 5) is 0. The molecule has 1 aliphatic heterocycles. The molecule has 0 unspecified atom stereocenters. The Morgan fingerprint density at radius 3 is 2.91 bits per heavy atom. The van der Waals surface area contributed by atoms with Crippen LogP contribution in [-0.2, 0) is 4.74 Å². The predicted octanol–water partition coefficient (Wildman–Crippen LogP) is 0.752. The Morgan fingerprint density at radius 1 is 1.64 bits per heavy atom. The maximum absolute atomic E-state index is 8.53. The van der Waals surface area contributed by atoms with Crippen molar-refractivity contribution in [3.8, 4) is 6.07 Å². The minimum atomic E-state index is 0.268. The van der Waals surface area contributed by atoms with Crippen molar-refractivity contribution in [2.24, 2.45) is 5.10 Å². The Balaban J connectivity index is 2.81. The van der Waals surface area contributed by atoms with Crippen molar-refractivity contribution >= 4 is 5.71 Å². The second-order valence-electron chi connectivity index (χ2n) is 2.01. The molecular formula is C7H8N3O. The smallest absolute Gasteiger partial charge is 0.206 e. The van der Waals surface area contributed by atoms with Gasteiger partial charge in [0.05, 0.1) is 6.61 Å². The summed E-state index contributed by atoms with van der Waals surface area (Å²) in [6, 6.07) is 1.90. The Bertz CT molecular complexity index is 259. The zero-order valence-corrected chi connectivity index (χ0v) is 6.46. The van der Waals surface area contributed by atoms with E-state index in [1.165, 1.54) is 0 Å². The van der Waals surface area contributed by atoms with Crippen LogP contribution in [0, 0.1) is 11.3 Å². The van der Waals surface area contributed by atoms with Gasteiger partial charge in [-0.05, 0) is 13.8 Å². The molecule has 0 aromatic rings. The third-order valence-corrected chi connectivity index (χ3v) is 1.24. The molecule has 0 spiro atoms. The van der Waals surface area contributed by atoms with E-state index in [2.05, 4.69) is 10.5 Å². The molecule has 0 bridgehead atoms. The van der Waals surface area contributed by atoms with Crippen molar-refractivity contribution in [2.45, 2.75) is 13.8 Å². The largest absolute Gasteiger partial charge is 0.489 e. The van der Waals surface area contributed by atoms with Crippen LogP contribution in [0.3, 0.4) is 0 Å². The molecule has 0 aromatic carbocycles. The summed E-state index contributed by atoms with van der Waals surface area (Å²) in [6.45, 7) is 4.15. The molecule has 1 rings (SSSR count). The number of allylic oxidation sites excluding steroid dienone is 2. The molecule has 1 radical (unpaired) electrons. The molecule has 1 heterocycles. The topological polar surface area (TPSA) is 59.5 Å². The van der Waals surface area contributed by atoms with Crippen LogP contribution in [0.5, 0.6) is 0 Å². The SMILES string of the molecule is CCOC1=C(C)[N]N=C1C#N. The quantitative estimate of drug-likeness (QED) is 0.583. The molecule has 0 fully saturated rings. The van der Waals surface area contributed by atoms with Gasteiger partial charge in [-0.3, -0.25) is 0 Å². The van der Waals surface area contributed by atoms with Crippen molar-refractivity contribution < 1.29 is 4.74 Å². The van der Waals surface area contributed by atoms with Gasteiger partial charge < -0.3 is 4.74 Å². The fourth-order valence-corrected chi connectivity index (χ4v) is 0.777. The molecular weight excluding hydrogens is 142 g/mol. The summed E-state index contributed by atoms with van der Waals surface area (Å²) in [7, 11) is 0. The van der Waals surface area contributed by atoms with Gasteiger partial charge in [-0.2, -0.15) is 10.7 Å². The van der Waals surface area contributed by atoms with Gasteiger partial charge in [-0.15, -0.1) is 5.10 Å².